The van der Waals surface area contributed by atoms with Crippen LogP contribution in [-0.2, 0) is 4.79 Å². The summed E-state index contributed by atoms with van der Waals surface area (Å²) in [6.45, 7) is 1.35. The van der Waals surface area contributed by atoms with E-state index in [1.807, 2.05) is 0 Å². The molecule has 2 heterocycles. The standard InChI is InChI=1S/C18H14Cl2N4O4/c1-9-4-5-10-12(19)7-13(20)16(15(10)22-9)28-8-14(25)23-24-18(27)11-3-2-6-21-17(11)26/h2-7H,8H2,1H3,(H,21,26)(H,23,25)(H,24,27). The van der Waals surface area contributed by atoms with Gasteiger partial charge in [-0.25, -0.2) is 4.98 Å². The topological polar surface area (TPSA) is 113 Å². The maximum atomic E-state index is 12.0. The second-order valence-electron chi connectivity index (χ2n) is 5.72. The molecular formula is C18H14Cl2N4O4. The number of hydrazine groups is 1. The van der Waals surface area contributed by atoms with Gasteiger partial charge in [-0.1, -0.05) is 23.2 Å². The van der Waals surface area contributed by atoms with Crippen LogP contribution in [0.15, 0.2) is 41.3 Å². The summed E-state index contributed by atoms with van der Waals surface area (Å²) in [7, 11) is 0. The SMILES string of the molecule is Cc1ccc2c(Cl)cc(Cl)c(OCC(=O)NNC(=O)c3ccc[nH]c3=O)c2n1. The van der Waals surface area contributed by atoms with E-state index in [2.05, 4.69) is 20.8 Å². The van der Waals surface area contributed by atoms with Crippen LogP contribution in [0.4, 0.5) is 0 Å². The van der Waals surface area contributed by atoms with Gasteiger partial charge in [0.05, 0.1) is 10.0 Å². The van der Waals surface area contributed by atoms with Gasteiger partial charge in [0, 0.05) is 17.3 Å². The lowest BCUT2D eigenvalue weighted by Crippen LogP contribution is -2.45. The Morgan fingerprint density at radius 2 is 1.96 bits per heavy atom. The Hall–Kier alpha value is -3.10. The third-order valence-electron chi connectivity index (χ3n) is 3.70. The van der Waals surface area contributed by atoms with Crippen LogP contribution in [-0.4, -0.2) is 28.4 Å². The van der Waals surface area contributed by atoms with Gasteiger partial charge < -0.3 is 9.72 Å². The van der Waals surface area contributed by atoms with Crippen molar-refractivity contribution in [3.8, 4) is 5.75 Å². The summed E-state index contributed by atoms with van der Waals surface area (Å²) in [4.78, 5) is 42.2. The van der Waals surface area contributed by atoms with Crippen LogP contribution in [0.25, 0.3) is 10.9 Å². The molecule has 0 bridgehead atoms. The van der Waals surface area contributed by atoms with Gasteiger partial charge in [-0.2, -0.15) is 0 Å². The summed E-state index contributed by atoms with van der Waals surface area (Å²) in [5, 5.41) is 1.23. The normalized spacial score (nSPS) is 10.5. The van der Waals surface area contributed by atoms with Gasteiger partial charge in [0.15, 0.2) is 12.4 Å². The quantitative estimate of drug-likeness (QED) is 0.560. The van der Waals surface area contributed by atoms with Gasteiger partial charge in [0.25, 0.3) is 17.4 Å². The van der Waals surface area contributed by atoms with Gasteiger partial charge in [-0.3, -0.25) is 25.2 Å². The number of nitrogens with one attached hydrogen (secondary N) is 3. The number of aryl methyl sites for hydroxylation is 1. The molecule has 0 spiro atoms. The third-order valence-corrected chi connectivity index (χ3v) is 4.30. The minimum absolute atomic E-state index is 0.143. The van der Waals surface area contributed by atoms with Crippen LogP contribution in [0, 0.1) is 6.92 Å². The van der Waals surface area contributed by atoms with Crippen molar-refractivity contribution in [2.24, 2.45) is 0 Å². The number of carbonyl (C=O) groups is 2. The summed E-state index contributed by atoms with van der Waals surface area (Å²) in [6.07, 6.45) is 1.39. The Kier molecular flexibility index (Phi) is 5.81. The predicted molar refractivity (Wildman–Crippen MR) is 105 cm³/mol. The van der Waals surface area contributed by atoms with Crippen LogP contribution in [0.1, 0.15) is 16.1 Å². The Balaban J connectivity index is 1.68. The molecular weight excluding hydrogens is 407 g/mol. The van der Waals surface area contributed by atoms with Crippen molar-refractivity contribution in [1.82, 2.24) is 20.8 Å². The van der Waals surface area contributed by atoms with Crippen molar-refractivity contribution >= 4 is 45.9 Å². The number of hydrogen-bond donors (Lipinski definition) is 3. The number of amides is 2. The number of pyridine rings is 2. The fourth-order valence-electron chi connectivity index (χ4n) is 2.40. The maximum Gasteiger partial charge on any atom is 0.276 e. The van der Waals surface area contributed by atoms with Crippen LogP contribution in [0.2, 0.25) is 10.0 Å². The molecule has 2 amide bonds. The molecule has 8 nitrogen and oxygen atoms in total. The molecule has 0 aliphatic heterocycles. The summed E-state index contributed by atoms with van der Waals surface area (Å²) in [5.41, 5.74) is 4.72. The molecule has 10 heteroatoms. The molecule has 1 aromatic carbocycles. The number of carbonyl (C=O) groups excluding carboxylic acids is 2. The first-order chi connectivity index (χ1) is 13.4. The largest absolute Gasteiger partial charge is 0.480 e. The molecule has 0 unspecified atom stereocenters. The van der Waals surface area contributed by atoms with E-state index in [4.69, 9.17) is 27.9 Å². The second-order valence-corrected chi connectivity index (χ2v) is 6.54. The second kappa shape index (κ2) is 8.28. The first kappa shape index (κ1) is 19.7. The zero-order valence-electron chi connectivity index (χ0n) is 14.5. The molecule has 144 valence electrons. The smallest absolute Gasteiger partial charge is 0.276 e. The highest BCUT2D eigenvalue weighted by Gasteiger charge is 2.15. The van der Waals surface area contributed by atoms with Crippen LogP contribution < -0.4 is 21.1 Å². The number of hydrogen-bond acceptors (Lipinski definition) is 5. The first-order valence-electron chi connectivity index (χ1n) is 8.02. The average Bonchev–Trinajstić information content (AvgIpc) is 2.66. The number of fused-ring (bicyclic) bond motifs is 1. The van der Waals surface area contributed by atoms with Gasteiger partial charge in [-0.05, 0) is 37.3 Å². The molecule has 3 N–H and O–H groups in total. The number of rotatable bonds is 4. The van der Waals surface area contributed by atoms with Crippen molar-refractivity contribution in [2.75, 3.05) is 6.61 Å². The Morgan fingerprint density at radius 1 is 1.18 bits per heavy atom. The van der Waals surface area contributed by atoms with Crippen LogP contribution in [0.3, 0.4) is 0 Å². The molecule has 0 fully saturated rings. The van der Waals surface area contributed by atoms with E-state index in [-0.39, 0.29) is 16.3 Å². The van der Waals surface area contributed by atoms with E-state index in [9.17, 15) is 14.4 Å². The first-order valence-corrected chi connectivity index (χ1v) is 8.77. The lowest BCUT2D eigenvalue weighted by Gasteiger charge is -2.12. The van der Waals surface area contributed by atoms with Crippen molar-refractivity contribution in [1.29, 1.82) is 0 Å². The molecule has 2 aromatic heterocycles. The van der Waals surface area contributed by atoms with Crippen LogP contribution in [0.5, 0.6) is 5.75 Å². The molecule has 28 heavy (non-hydrogen) atoms. The van der Waals surface area contributed by atoms with Gasteiger partial charge in [0.2, 0.25) is 0 Å². The number of benzene rings is 1. The van der Waals surface area contributed by atoms with Crippen molar-refractivity contribution in [3.05, 3.63) is 68.2 Å². The third kappa shape index (κ3) is 4.24. The van der Waals surface area contributed by atoms with E-state index < -0.39 is 24.0 Å². The highest BCUT2D eigenvalue weighted by molar-refractivity contribution is 6.39. The Labute approximate surface area is 168 Å². The van der Waals surface area contributed by atoms with Crippen LogP contribution >= 0.6 is 23.2 Å². The van der Waals surface area contributed by atoms with Gasteiger partial charge >= 0.3 is 0 Å². The lowest BCUT2D eigenvalue weighted by atomic mass is 10.2. The predicted octanol–water partition coefficient (Wildman–Crippen LogP) is 2.38. The number of halogens is 2. The fraction of sp³-hybridized carbons (Fsp3) is 0.111. The number of aromatic nitrogens is 2. The molecule has 0 saturated carbocycles. The summed E-state index contributed by atoms with van der Waals surface area (Å²) < 4.78 is 5.50. The zero-order chi connectivity index (χ0) is 20.3. The van der Waals surface area contributed by atoms with E-state index in [1.54, 1.807) is 19.1 Å². The monoisotopic (exact) mass is 420 g/mol. The highest BCUT2D eigenvalue weighted by Crippen LogP contribution is 2.37. The van der Waals surface area contributed by atoms with E-state index >= 15 is 0 Å². The molecule has 0 atom stereocenters. The summed E-state index contributed by atoms with van der Waals surface area (Å²) in [6, 6.07) is 7.88. The van der Waals surface area contributed by atoms with E-state index in [1.165, 1.54) is 24.4 Å². The van der Waals surface area contributed by atoms with Crippen molar-refractivity contribution in [2.45, 2.75) is 6.92 Å². The van der Waals surface area contributed by atoms with E-state index in [0.717, 1.165) is 5.69 Å². The number of aromatic amines is 1. The highest BCUT2D eigenvalue weighted by atomic mass is 35.5. The fourth-order valence-corrected chi connectivity index (χ4v) is 2.97. The molecule has 0 saturated heterocycles. The molecule has 0 aliphatic rings. The molecule has 3 aromatic rings. The number of H-pyrrole nitrogens is 1. The zero-order valence-corrected chi connectivity index (χ0v) is 16.0. The summed E-state index contributed by atoms with van der Waals surface area (Å²) >= 11 is 12.4. The minimum atomic E-state index is -0.762. The molecule has 3 rings (SSSR count). The maximum absolute atomic E-state index is 12.0. The van der Waals surface area contributed by atoms with Gasteiger partial charge in [-0.15, -0.1) is 0 Å². The number of nitrogens with zero attached hydrogens (tertiary/aromatic N) is 1. The van der Waals surface area contributed by atoms with Gasteiger partial charge in [0.1, 0.15) is 11.1 Å². The summed E-state index contributed by atoms with van der Waals surface area (Å²) in [5.74, 6) is -1.22. The average molecular weight is 421 g/mol. The minimum Gasteiger partial charge on any atom is -0.480 e. The van der Waals surface area contributed by atoms with Crippen molar-refractivity contribution < 1.29 is 14.3 Å². The lowest BCUT2D eigenvalue weighted by molar-refractivity contribution is -0.123. The molecule has 0 aliphatic carbocycles. The van der Waals surface area contributed by atoms with Crippen molar-refractivity contribution in [3.63, 3.8) is 0 Å². The molecule has 0 radical (unpaired) electrons. The number of ether oxygens (including phenoxy) is 1. The Morgan fingerprint density at radius 3 is 2.71 bits per heavy atom. The Bertz CT molecular complexity index is 1130. The van der Waals surface area contributed by atoms with E-state index in [0.29, 0.717) is 15.9 Å².